The van der Waals surface area contributed by atoms with Crippen LogP contribution in [0.1, 0.15) is 52.4 Å². The van der Waals surface area contributed by atoms with Crippen molar-refractivity contribution in [3.8, 4) is 0 Å². The zero-order chi connectivity index (χ0) is 26.4. The van der Waals surface area contributed by atoms with E-state index in [2.05, 4.69) is 37.6 Å². The van der Waals surface area contributed by atoms with Gasteiger partial charge in [-0.1, -0.05) is 39.8 Å². The lowest BCUT2D eigenvalue weighted by Gasteiger charge is -2.31. The number of hydrogen-bond acceptors (Lipinski definition) is 10. The molecule has 0 aromatic carbocycles. The minimum atomic E-state index is -1.30. The van der Waals surface area contributed by atoms with E-state index in [9.17, 15) is 19.2 Å². The lowest BCUT2D eigenvalue weighted by Crippen LogP contribution is -2.44. The van der Waals surface area contributed by atoms with Crippen LogP contribution in [0.25, 0.3) is 0 Å². The number of ether oxygens (including phenoxy) is 4. The van der Waals surface area contributed by atoms with Gasteiger partial charge in [-0.25, -0.2) is 9.59 Å². The molecule has 0 aliphatic carbocycles. The van der Waals surface area contributed by atoms with E-state index in [-0.39, 0.29) is 39.3 Å². The van der Waals surface area contributed by atoms with Gasteiger partial charge in [-0.15, -0.1) is 0 Å². The van der Waals surface area contributed by atoms with Crippen molar-refractivity contribution >= 4 is 23.9 Å². The Morgan fingerprint density at radius 3 is 1.37 bits per heavy atom. The van der Waals surface area contributed by atoms with Crippen LogP contribution >= 0.6 is 0 Å². The second kappa shape index (κ2) is 20.6. The van der Waals surface area contributed by atoms with Crippen LogP contribution in [0.2, 0.25) is 0 Å². The molecule has 0 rings (SSSR count). The number of unbranched alkanes of at least 4 members (excludes halogenated alkanes) is 2. The smallest absolute Gasteiger partial charge is 0.330 e. The Morgan fingerprint density at radius 1 is 0.657 bits per heavy atom. The summed E-state index contributed by atoms with van der Waals surface area (Å²) >= 11 is 0. The second-order valence-corrected chi connectivity index (χ2v) is 8.15. The molecule has 0 fully saturated rings. The number of nitrogens with one attached hydrogen (secondary N) is 2. The molecule has 0 aromatic heterocycles. The number of hydrogen-bond donors (Lipinski definition) is 2. The van der Waals surface area contributed by atoms with Gasteiger partial charge in [-0.3, -0.25) is 9.59 Å². The SMILES string of the molecule is C=CC(=O)OCC(COC(=O)C=C)(COC(=O)CCNCCCC)COC(=O)CCNCCCC. The van der Waals surface area contributed by atoms with Crippen LogP contribution in [0.5, 0.6) is 0 Å². The Morgan fingerprint density at radius 2 is 1.03 bits per heavy atom. The van der Waals surface area contributed by atoms with Crippen LogP contribution in [0, 0.1) is 5.41 Å². The van der Waals surface area contributed by atoms with Crippen molar-refractivity contribution in [2.45, 2.75) is 52.4 Å². The highest BCUT2D eigenvalue weighted by Gasteiger charge is 2.37. The van der Waals surface area contributed by atoms with Gasteiger partial charge in [0.05, 0.1) is 12.8 Å². The maximum absolute atomic E-state index is 12.3. The zero-order valence-corrected chi connectivity index (χ0v) is 21.2. The summed E-state index contributed by atoms with van der Waals surface area (Å²) in [6, 6.07) is 0. The van der Waals surface area contributed by atoms with E-state index >= 15 is 0 Å². The van der Waals surface area contributed by atoms with Gasteiger partial charge in [0, 0.05) is 25.2 Å². The molecular weight excluding hydrogens is 456 g/mol. The predicted molar refractivity (Wildman–Crippen MR) is 131 cm³/mol. The lowest BCUT2D eigenvalue weighted by atomic mass is 9.92. The van der Waals surface area contributed by atoms with Gasteiger partial charge in [0.15, 0.2) is 0 Å². The molecule has 2 N–H and O–H groups in total. The molecule has 0 heterocycles. The molecule has 10 heteroatoms. The molecule has 10 nitrogen and oxygen atoms in total. The molecule has 0 bridgehead atoms. The normalized spacial score (nSPS) is 10.8. The maximum Gasteiger partial charge on any atom is 0.330 e. The first-order valence-corrected chi connectivity index (χ1v) is 12.1. The van der Waals surface area contributed by atoms with Crippen molar-refractivity contribution in [2.24, 2.45) is 5.41 Å². The Kier molecular flexibility index (Phi) is 19.0. The summed E-state index contributed by atoms with van der Waals surface area (Å²) in [4.78, 5) is 47.9. The predicted octanol–water partition coefficient (Wildman–Crippen LogP) is 2.08. The highest BCUT2D eigenvalue weighted by atomic mass is 16.6. The van der Waals surface area contributed by atoms with Crippen LogP contribution in [0.3, 0.4) is 0 Å². The van der Waals surface area contributed by atoms with Gasteiger partial charge in [-0.2, -0.15) is 0 Å². The highest BCUT2D eigenvalue weighted by molar-refractivity contribution is 5.81. The molecule has 0 spiro atoms. The third kappa shape index (κ3) is 17.4. The lowest BCUT2D eigenvalue weighted by molar-refractivity contribution is -0.167. The Bertz CT molecular complexity index is 610. The highest BCUT2D eigenvalue weighted by Crippen LogP contribution is 2.22. The molecule has 0 aromatic rings. The number of rotatable bonds is 22. The first-order valence-electron chi connectivity index (χ1n) is 12.1. The van der Waals surface area contributed by atoms with E-state index in [1.54, 1.807) is 0 Å². The number of carbonyl (C=O) groups is 4. The second-order valence-electron chi connectivity index (χ2n) is 8.15. The first kappa shape index (κ1) is 32.3. The van der Waals surface area contributed by atoms with E-state index < -0.39 is 29.3 Å². The quantitative estimate of drug-likeness (QED) is 0.0990. The fourth-order valence-electron chi connectivity index (χ4n) is 2.66. The average Bonchev–Trinajstić information content (AvgIpc) is 2.87. The van der Waals surface area contributed by atoms with Gasteiger partial charge in [-0.05, 0) is 25.9 Å². The van der Waals surface area contributed by atoms with Crippen LogP contribution in [-0.4, -0.2) is 76.5 Å². The molecule has 200 valence electrons. The van der Waals surface area contributed by atoms with Gasteiger partial charge in [0.1, 0.15) is 31.8 Å². The van der Waals surface area contributed by atoms with Crippen LogP contribution < -0.4 is 10.6 Å². The maximum atomic E-state index is 12.3. The summed E-state index contributed by atoms with van der Waals surface area (Å²) in [6.07, 6.45) is 6.29. The minimum Gasteiger partial charge on any atom is -0.465 e. The summed E-state index contributed by atoms with van der Waals surface area (Å²) in [5.74, 6) is -2.42. The molecule has 0 atom stereocenters. The van der Waals surface area contributed by atoms with Crippen molar-refractivity contribution in [1.29, 1.82) is 0 Å². The van der Waals surface area contributed by atoms with Crippen LogP contribution in [0.4, 0.5) is 0 Å². The summed E-state index contributed by atoms with van der Waals surface area (Å²) in [6.45, 7) is 12.1. The fraction of sp³-hybridized carbons (Fsp3) is 0.680. The van der Waals surface area contributed by atoms with Crippen LogP contribution in [-0.2, 0) is 38.1 Å². The number of carbonyl (C=O) groups excluding carboxylic acids is 4. The molecule has 0 radical (unpaired) electrons. The summed E-state index contributed by atoms with van der Waals surface area (Å²) in [7, 11) is 0. The van der Waals surface area contributed by atoms with Crippen molar-refractivity contribution in [3.63, 3.8) is 0 Å². The molecule has 0 aliphatic rings. The average molecular weight is 499 g/mol. The molecule has 0 saturated carbocycles. The minimum absolute atomic E-state index is 0.127. The summed E-state index contributed by atoms with van der Waals surface area (Å²) < 4.78 is 21.1. The van der Waals surface area contributed by atoms with E-state index in [1.807, 2.05) is 0 Å². The standard InChI is InChI=1S/C25H42N2O8/c1-5-9-13-26-15-11-23(30)34-19-25(17-32-21(28)7-3,18-33-22(29)8-4)20-35-24(31)12-16-27-14-10-6-2/h7-8,26-27H,3-6,9-20H2,1-2H3. The van der Waals surface area contributed by atoms with E-state index in [4.69, 9.17) is 18.9 Å². The van der Waals surface area contributed by atoms with E-state index in [0.717, 1.165) is 50.9 Å². The Balaban J connectivity index is 5.16. The van der Waals surface area contributed by atoms with E-state index in [1.165, 1.54) is 0 Å². The van der Waals surface area contributed by atoms with Gasteiger partial charge >= 0.3 is 23.9 Å². The van der Waals surface area contributed by atoms with Gasteiger partial charge in [0.2, 0.25) is 0 Å². The molecule has 35 heavy (non-hydrogen) atoms. The Labute approximate surface area is 208 Å². The molecule has 0 unspecified atom stereocenters. The van der Waals surface area contributed by atoms with Crippen molar-refractivity contribution in [3.05, 3.63) is 25.3 Å². The topological polar surface area (TPSA) is 129 Å². The van der Waals surface area contributed by atoms with E-state index in [0.29, 0.717) is 13.1 Å². The van der Waals surface area contributed by atoms with Crippen molar-refractivity contribution in [2.75, 3.05) is 52.6 Å². The molecule has 0 saturated heterocycles. The molecule has 0 amide bonds. The van der Waals surface area contributed by atoms with Gasteiger partial charge < -0.3 is 29.6 Å². The van der Waals surface area contributed by atoms with Crippen LogP contribution in [0.15, 0.2) is 25.3 Å². The third-order valence-electron chi connectivity index (χ3n) is 4.88. The number of esters is 4. The van der Waals surface area contributed by atoms with Crippen molar-refractivity contribution in [1.82, 2.24) is 10.6 Å². The van der Waals surface area contributed by atoms with Crippen molar-refractivity contribution < 1.29 is 38.1 Å². The molecule has 0 aliphatic heterocycles. The summed E-state index contributed by atoms with van der Waals surface area (Å²) in [5.41, 5.74) is -1.30. The molecular formula is C25H42N2O8. The zero-order valence-electron chi connectivity index (χ0n) is 21.2. The first-order chi connectivity index (χ1) is 16.8. The fourth-order valence-corrected chi connectivity index (χ4v) is 2.66. The third-order valence-corrected chi connectivity index (χ3v) is 4.88. The Hall–Kier alpha value is -2.72. The largest absolute Gasteiger partial charge is 0.465 e. The van der Waals surface area contributed by atoms with Gasteiger partial charge in [0.25, 0.3) is 0 Å². The monoisotopic (exact) mass is 498 g/mol. The summed E-state index contributed by atoms with van der Waals surface area (Å²) in [5, 5.41) is 6.29.